The van der Waals surface area contributed by atoms with Gasteiger partial charge >= 0.3 is 0 Å². The molecule has 2 saturated heterocycles. The molecular formula is C25H28N2O5. The number of aliphatic hydroxyl groups is 1. The second-order valence-electron chi connectivity index (χ2n) is 8.09. The van der Waals surface area contributed by atoms with Crippen LogP contribution >= 0.6 is 0 Å². The molecule has 0 aliphatic carbocycles. The molecule has 0 radical (unpaired) electrons. The van der Waals surface area contributed by atoms with Crippen LogP contribution in [0, 0.1) is 6.92 Å². The summed E-state index contributed by atoms with van der Waals surface area (Å²) in [5.41, 5.74) is 2.42. The van der Waals surface area contributed by atoms with E-state index in [9.17, 15) is 14.7 Å². The molecule has 1 N–H and O–H groups in total. The summed E-state index contributed by atoms with van der Waals surface area (Å²) in [6.07, 6.45) is 0. The molecule has 2 aromatic rings. The fourth-order valence-electron chi connectivity index (χ4n) is 4.18. The van der Waals surface area contributed by atoms with E-state index in [-0.39, 0.29) is 11.3 Å². The summed E-state index contributed by atoms with van der Waals surface area (Å²) in [6.45, 7) is 5.87. The van der Waals surface area contributed by atoms with Gasteiger partial charge in [-0.2, -0.15) is 0 Å². The minimum absolute atomic E-state index is 0.117. The summed E-state index contributed by atoms with van der Waals surface area (Å²) in [5.74, 6) is -0.728. The second kappa shape index (κ2) is 9.54. The van der Waals surface area contributed by atoms with Gasteiger partial charge in [-0.1, -0.05) is 42.0 Å². The van der Waals surface area contributed by atoms with Crippen molar-refractivity contribution in [1.82, 2.24) is 9.80 Å². The van der Waals surface area contributed by atoms with Crippen LogP contribution in [0.1, 0.15) is 22.7 Å². The van der Waals surface area contributed by atoms with E-state index >= 15 is 0 Å². The summed E-state index contributed by atoms with van der Waals surface area (Å²) in [5, 5.41) is 11.1. The lowest BCUT2D eigenvalue weighted by atomic mass is 9.95. The monoisotopic (exact) mass is 436 g/mol. The third-order valence-corrected chi connectivity index (χ3v) is 6.06. The average Bonchev–Trinajstić information content (AvgIpc) is 3.08. The third-order valence-electron chi connectivity index (χ3n) is 6.06. The van der Waals surface area contributed by atoms with E-state index < -0.39 is 17.7 Å². The maximum atomic E-state index is 13.1. The van der Waals surface area contributed by atoms with E-state index in [0.29, 0.717) is 37.6 Å². The molecule has 0 spiro atoms. The van der Waals surface area contributed by atoms with Gasteiger partial charge in [-0.25, -0.2) is 0 Å². The lowest BCUT2D eigenvalue weighted by molar-refractivity contribution is -0.140. The van der Waals surface area contributed by atoms with Crippen LogP contribution in [0.25, 0.3) is 5.76 Å². The van der Waals surface area contributed by atoms with Crippen molar-refractivity contribution in [3.63, 3.8) is 0 Å². The quantitative estimate of drug-likeness (QED) is 0.426. The Morgan fingerprint density at radius 2 is 1.69 bits per heavy atom. The number of amides is 1. The average molecular weight is 437 g/mol. The number of benzene rings is 2. The summed E-state index contributed by atoms with van der Waals surface area (Å²) in [6, 6.07) is 13.8. The summed E-state index contributed by atoms with van der Waals surface area (Å²) in [7, 11) is 1.58. The van der Waals surface area contributed by atoms with Crippen LogP contribution in [0.4, 0.5) is 0 Å². The summed E-state index contributed by atoms with van der Waals surface area (Å²) in [4.78, 5) is 29.9. The Morgan fingerprint density at radius 3 is 2.31 bits per heavy atom. The Hall–Kier alpha value is -3.16. The highest BCUT2D eigenvalue weighted by molar-refractivity contribution is 6.46. The van der Waals surface area contributed by atoms with Crippen molar-refractivity contribution in [2.24, 2.45) is 0 Å². The normalized spacial score (nSPS) is 21.2. The number of rotatable bonds is 6. The third kappa shape index (κ3) is 4.40. The van der Waals surface area contributed by atoms with Crippen LogP contribution in [0.3, 0.4) is 0 Å². The van der Waals surface area contributed by atoms with E-state index in [1.165, 1.54) is 0 Å². The molecule has 7 nitrogen and oxygen atoms in total. The number of carbonyl (C=O) groups is 2. The zero-order chi connectivity index (χ0) is 22.7. The Bertz CT molecular complexity index is 1010. The molecule has 2 aliphatic rings. The van der Waals surface area contributed by atoms with Gasteiger partial charge in [0.25, 0.3) is 11.7 Å². The first-order valence-corrected chi connectivity index (χ1v) is 10.8. The predicted molar refractivity (Wildman–Crippen MR) is 120 cm³/mol. The molecule has 4 rings (SSSR count). The van der Waals surface area contributed by atoms with Crippen LogP contribution in [-0.4, -0.2) is 73.1 Å². The van der Waals surface area contributed by atoms with Crippen LogP contribution in [0.5, 0.6) is 5.75 Å². The topological polar surface area (TPSA) is 79.3 Å². The van der Waals surface area contributed by atoms with Gasteiger partial charge in [-0.3, -0.25) is 14.5 Å². The zero-order valence-electron chi connectivity index (χ0n) is 18.4. The molecule has 2 aromatic carbocycles. The minimum Gasteiger partial charge on any atom is -0.507 e. The van der Waals surface area contributed by atoms with Crippen molar-refractivity contribution in [3.8, 4) is 5.75 Å². The van der Waals surface area contributed by atoms with Crippen molar-refractivity contribution in [3.05, 3.63) is 70.8 Å². The standard InChI is InChI=1S/C25H28N2O5/c1-17-3-5-19(6-4-17)23(28)21-22(18-7-9-20(31-2)10-8-18)27(25(30)24(21)29)12-11-26-13-15-32-16-14-26/h3-10,22,28H,11-16H2,1-2H3/b23-21+/t22-/m0/s1. The van der Waals surface area contributed by atoms with Crippen LogP contribution < -0.4 is 4.74 Å². The molecular weight excluding hydrogens is 408 g/mol. The lowest BCUT2D eigenvalue weighted by Crippen LogP contribution is -2.42. The number of aliphatic hydroxyl groups excluding tert-OH is 1. The molecule has 7 heteroatoms. The summed E-state index contributed by atoms with van der Waals surface area (Å²) >= 11 is 0. The number of hydrogen-bond acceptors (Lipinski definition) is 6. The van der Waals surface area contributed by atoms with E-state index in [1.54, 1.807) is 36.3 Å². The van der Waals surface area contributed by atoms with Crippen molar-refractivity contribution < 1.29 is 24.2 Å². The van der Waals surface area contributed by atoms with Gasteiger partial charge < -0.3 is 19.5 Å². The number of aryl methyl sites for hydroxylation is 1. The Morgan fingerprint density at radius 1 is 1.03 bits per heavy atom. The molecule has 32 heavy (non-hydrogen) atoms. The fourth-order valence-corrected chi connectivity index (χ4v) is 4.18. The number of nitrogens with zero attached hydrogens (tertiary/aromatic N) is 2. The van der Waals surface area contributed by atoms with Crippen molar-refractivity contribution in [2.45, 2.75) is 13.0 Å². The van der Waals surface area contributed by atoms with Crippen molar-refractivity contribution in [1.29, 1.82) is 0 Å². The summed E-state index contributed by atoms with van der Waals surface area (Å²) < 4.78 is 10.7. The molecule has 2 aliphatic heterocycles. The predicted octanol–water partition coefficient (Wildman–Crippen LogP) is 2.76. The van der Waals surface area contributed by atoms with E-state index in [1.807, 2.05) is 31.2 Å². The largest absolute Gasteiger partial charge is 0.507 e. The molecule has 1 amide bonds. The van der Waals surface area contributed by atoms with Gasteiger partial charge in [-0.05, 0) is 24.6 Å². The first-order valence-electron chi connectivity index (χ1n) is 10.8. The lowest BCUT2D eigenvalue weighted by Gasteiger charge is -2.31. The highest BCUT2D eigenvalue weighted by atomic mass is 16.5. The number of morpholine rings is 1. The minimum atomic E-state index is -0.664. The van der Waals surface area contributed by atoms with E-state index in [2.05, 4.69) is 4.90 Å². The van der Waals surface area contributed by atoms with Crippen molar-refractivity contribution in [2.75, 3.05) is 46.5 Å². The van der Waals surface area contributed by atoms with Crippen LogP contribution in [-0.2, 0) is 14.3 Å². The molecule has 0 aromatic heterocycles. The Labute approximate surface area is 187 Å². The SMILES string of the molecule is COc1ccc([C@H]2/C(=C(\O)c3ccc(C)cc3)C(=O)C(=O)N2CCN2CCOCC2)cc1. The van der Waals surface area contributed by atoms with Gasteiger partial charge in [0.1, 0.15) is 11.5 Å². The maximum absolute atomic E-state index is 13.1. The van der Waals surface area contributed by atoms with Gasteiger partial charge in [0.05, 0.1) is 31.9 Å². The van der Waals surface area contributed by atoms with Gasteiger partial charge in [0.15, 0.2) is 0 Å². The zero-order valence-corrected chi connectivity index (χ0v) is 18.4. The Balaban J connectivity index is 1.72. The van der Waals surface area contributed by atoms with Gasteiger partial charge in [0.2, 0.25) is 0 Å². The number of Topliss-reactive ketones (excluding diaryl/α,β-unsaturated/α-hetero) is 1. The smallest absolute Gasteiger partial charge is 0.295 e. The number of hydrogen-bond donors (Lipinski definition) is 1. The number of ketones is 1. The molecule has 168 valence electrons. The Kier molecular flexibility index (Phi) is 6.58. The first kappa shape index (κ1) is 22.0. The highest BCUT2D eigenvalue weighted by Gasteiger charge is 2.46. The van der Waals surface area contributed by atoms with Crippen LogP contribution in [0.15, 0.2) is 54.1 Å². The molecule has 0 bridgehead atoms. The fraction of sp³-hybridized carbons (Fsp3) is 0.360. The van der Waals surface area contributed by atoms with Crippen molar-refractivity contribution >= 4 is 17.4 Å². The molecule has 0 saturated carbocycles. The number of ether oxygens (including phenoxy) is 2. The first-order chi connectivity index (χ1) is 15.5. The molecule has 2 fully saturated rings. The molecule has 2 heterocycles. The maximum Gasteiger partial charge on any atom is 0.295 e. The van der Waals surface area contributed by atoms with Gasteiger partial charge in [0, 0.05) is 31.7 Å². The van der Waals surface area contributed by atoms with Gasteiger partial charge in [-0.15, -0.1) is 0 Å². The second-order valence-corrected chi connectivity index (χ2v) is 8.09. The van der Waals surface area contributed by atoms with E-state index in [4.69, 9.17) is 9.47 Å². The van der Waals surface area contributed by atoms with Crippen LogP contribution in [0.2, 0.25) is 0 Å². The number of methoxy groups -OCH3 is 1. The highest BCUT2D eigenvalue weighted by Crippen LogP contribution is 2.39. The molecule has 0 unspecified atom stereocenters. The van der Waals surface area contributed by atoms with E-state index in [0.717, 1.165) is 24.2 Å². The molecule has 1 atom stereocenters. The number of likely N-dealkylation sites (tertiary alicyclic amines) is 1. The number of carbonyl (C=O) groups excluding carboxylic acids is 2.